The van der Waals surface area contributed by atoms with Crippen molar-refractivity contribution in [3.05, 3.63) is 69.5 Å². The van der Waals surface area contributed by atoms with Crippen LogP contribution in [0.2, 0.25) is 10.0 Å². The fraction of sp³-hybridized carbons (Fsp3) is 0.167. The van der Waals surface area contributed by atoms with Gasteiger partial charge in [0.15, 0.2) is 5.69 Å². The van der Waals surface area contributed by atoms with Crippen LogP contribution in [0.25, 0.3) is 5.69 Å². The zero-order chi connectivity index (χ0) is 18.7. The Bertz CT molecular complexity index is 939. The first kappa shape index (κ1) is 18.4. The third-order valence-electron chi connectivity index (χ3n) is 3.71. The molecule has 1 amide bonds. The minimum absolute atomic E-state index is 0.156. The standard InChI is InChI=1S/C18H16Cl2N4O2/c1-11-3-6-13(7-4-11)24-16(10-26-2)17(22-23-24)18(25)21-15-9-12(19)5-8-14(15)20/h3-9H,10H2,1-2H3,(H,21,25). The van der Waals surface area contributed by atoms with Crippen molar-refractivity contribution in [2.45, 2.75) is 13.5 Å². The number of methoxy groups -OCH3 is 1. The van der Waals surface area contributed by atoms with Crippen molar-refractivity contribution in [2.75, 3.05) is 12.4 Å². The number of carbonyl (C=O) groups is 1. The first-order chi connectivity index (χ1) is 12.5. The molecule has 0 aliphatic carbocycles. The Balaban J connectivity index is 1.95. The van der Waals surface area contributed by atoms with Crippen molar-refractivity contribution >= 4 is 34.8 Å². The Kier molecular flexibility index (Phi) is 5.56. The smallest absolute Gasteiger partial charge is 0.278 e. The molecule has 0 aliphatic rings. The van der Waals surface area contributed by atoms with E-state index in [4.69, 9.17) is 27.9 Å². The van der Waals surface area contributed by atoms with Crippen molar-refractivity contribution in [2.24, 2.45) is 0 Å². The van der Waals surface area contributed by atoms with Crippen LogP contribution in [0.1, 0.15) is 21.7 Å². The monoisotopic (exact) mass is 390 g/mol. The molecule has 0 unspecified atom stereocenters. The van der Waals surface area contributed by atoms with Crippen LogP contribution in [-0.2, 0) is 11.3 Å². The predicted octanol–water partition coefficient (Wildman–Crippen LogP) is 4.28. The van der Waals surface area contributed by atoms with Crippen LogP contribution in [-0.4, -0.2) is 28.0 Å². The van der Waals surface area contributed by atoms with E-state index in [1.54, 1.807) is 30.0 Å². The van der Waals surface area contributed by atoms with Crippen LogP contribution >= 0.6 is 23.2 Å². The molecule has 0 atom stereocenters. The molecular formula is C18H16Cl2N4O2. The Morgan fingerprint density at radius 1 is 1.19 bits per heavy atom. The molecule has 0 fully saturated rings. The summed E-state index contributed by atoms with van der Waals surface area (Å²) in [5.74, 6) is -0.445. The number of ether oxygens (including phenoxy) is 1. The molecule has 0 saturated heterocycles. The van der Waals surface area contributed by atoms with Gasteiger partial charge < -0.3 is 10.1 Å². The third kappa shape index (κ3) is 3.88. The SMILES string of the molecule is COCc1c(C(=O)Nc2cc(Cl)ccc2Cl)nnn1-c1ccc(C)cc1. The maximum atomic E-state index is 12.7. The van der Waals surface area contributed by atoms with Crippen molar-refractivity contribution in [3.63, 3.8) is 0 Å². The molecule has 0 saturated carbocycles. The zero-order valence-corrected chi connectivity index (χ0v) is 15.7. The van der Waals surface area contributed by atoms with Crippen molar-refractivity contribution in [3.8, 4) is 5.69 Å². The second kappa shape index (κ2) is 7.86. The highest BCUT2D eigenvalue weighted by molar-refractivity contribution is 6.35. The van der Waals surface area contributed by atoms with Gasteiger partial charge in [-0.1, -0.05) is 46.1 Å². The maximum absolute atomic E-state index is 12.7. The van der Waals surface area contributed by atoms with Gasteiger partial charge in [0, 0.05) is 12.1 Å². The van der Waals surface area contributed by atoms with Gasteiger partial charge in [-0.3, -0.25) is 4.79 Å². The lowest BCUT2D eigenvalue weighted by Crippen LogP contribution is -2.16. The van der Waals surface area contributed by atoms with Crippen molar-refractivity contribution in [1.29, 1.82) is 0 Å². The van der Waals surface area contributed by atoms with E-state index in [2.05, 4.69) is 15.6 Å². The Morgan fingerprint density at radius 2 is 1.92 bits per heavy atom. The molecule has 8 heteroatoms. The largest absolute Gasteiger partial charge is 0.378 e. The summed E-state index contributed by atoms with van der Waals surface area (Å²) < 4.78 is 6.81. The second-order valence-electron chi connectivity index (χ2n) is 5.64. The summed E-state index contributed by atoms with van der Waals surface area (Å²) in [7, 11) is 1.54. The number of hydrogen-bond donors (Lipinski definition) is 1. The lowest BCUT2D eigenvalue weighted by atomic mass is 10.2. The number of benzene rings is 2. The van der Waals surface area contributed by atoms with Crippen LogP contribution in [0.4, 0.5) is 5.69 Å². The lowest BCUT2D eigenvalue weighted by Gasteiger charge is -2.09. The number of nitrogens with zero attached hydrogens (tertiary/aromatic N) is 3. The van der Waals surface area contributed by atoms with E-state index in [0.717, 1.165) is 11.3 Å². The second-order valence-corrected chi connectivity index (χ2v) is 6.49. The van der Waals surface area contributed by atoms with Crippen LogP contribution in [0.3, 0.4) is 0 Å². The minimum atomic E-state index is -0.445. The van der Waals surface area contributed by atoms with Crippen LogP contribution < -0.4 is 5.32 Å². The summed E-state index contributed by atoms with van der Waals surface area (Å²) >= 11 is 12.1. The summed E-state index contributed by atoms with van der Waals surface area (Å²) in [6.45, 7) is 2.17. The number of rotatable bonds is 5. The van der Waals surface area contributed by atoms with Crippen LogP contribution in [0, 0.1) is 6.92 Å². The van der Waals surface area contributed by atoms with E-state index in [0.29, 0.717) is 21.4 Å². The van der Waals surface area contributed by atoms with Gasteiger partial charge in [-0.05, 0) is 37.3 Å². The predicted molar refractivity (Wildman–Crippen MR) is 101 cm³/mol. The molecule has 3 aromatic rings. The number of hydrogen-bond acceptors (Lipinski definition) is 4. The quantitative estimate of drug-likeness (QED) is 0.705. The summed E-state index contributed by atoms with van der Waals surface area (Å²) in [5.41, 5.74) is 3.00. The van der Waals surface area contributed by atoms with E-state index in [-0.39, 0.29) is 12.3 Å². The van der Waals surface area contributed by atoms with E-state index in [9.17, 15) is 4.79 Å². The molecule has 0 spiro atoms. The van der Waals surface area contributed by atoms with Gasteiger partial charge in [0.1, 0.15) is 5.69 Å². The summed E-state index contributed by atoms with van der Waals surface area (Å²) in [6, 6.07) is 12.5. The van der Waals surface area contributed by atoms with E-state index in [1.165, 1.54) is 0 Å². The summed E-state index contributed by atoms with van der Waals surface area (Å²) in [5, 5.41) is 11.7. The fourth-order valence-corrected chi connectivity index (χ4v) is 2.75. The average molecular weight is 391 g/mol. The Morgan fingerprint density at radius 3 is 2.62 bits per heavy atom. The van der Waals surface area contributed by atoms with E-state index >= 15 is 0 Å². The van der Waals surface area contributed by atoms with Gasteiger partial charge >= 0.3 is 0 Å². The number of halogens is 2. The molecule has 2 aromatic carbocycles. The maximum Gasteiger partial charge on any atom is 0.278 e. The highest BCUT2D eigenvalue weighted by Crippen LogP contribution is 2.26. The topological polar surface area (TPSA) is 69.0 Å². The molecular weight excluding hydrogens is 375 g/mol. The molecule has 26 heavy (non-hydrogen) atoms. The van der Waals surface area contributed by atoms with Gasteiger partial charge in [-0.2, -0.15) is 0 Å². The van der Waals surface area contributed by atoms with Crippen molar-refractivity contribution < 1.29 is 9.53 Å². The highest BCUT2D eigenvalue weighted by Gasteiger charge is 2.21. The first-order valence-corrected chi connectivity index (χ1v) is 8.52. The first-order valence-electron chi connectivity index (χ1n) is 7.76. The average Bonchev–Trinajstić information content (AvgIpc) is 3.03. The van der Waals surface area contributed by atoms with Crippen molar-refractivity contribution in [1.82, 2.24) is 15.0 Å². The molecule has 0 aliphatic heterocycles. The Labute approximate surface area is 160 Å². The minimum Gasteiger partial charge on any atom is -0.378 e. The molecule has 6 nitrogen and oxygen atoms in total. The number of aromatic nitrogens is 3. The van der Waals surface area contributed by atoms with E-state index < -0.39 is 5.91 Å². The zero-order valence-electron chi connectivity index (χ0n) is 14.2. The lowest BCUT2D eigenvalue weighted by molar-refractivity contribution is 0.101. The highest BCUT2D eigenvalue weighted by atomic mass is 35.5. The van der Waals surface area contributed by atoms with E-state index in [1.807, 2.05) is 31.2 Å². The molecule has 0 bridgehead atoms. The number of carbonyl (C=O) groups excluding carboxylic acids is 1. The number of aryl methyl sites for hydroxylation is 1. The van der Waals surface area contributed by atoms with Crippen LogP contribution in [0.5, 0.6) is 0 Å². The van der Waals surface area contributed by atoms with Gasteiger partial charge in [0.05, 0.1) is 23.0 Å². The van der Waals surface area contributed by atoms with Gasteiger partial charge in [-0.25, -0.2) is 4.68 Å². The number of amides is 1. The Hall–Kier alpha value is -2.41. The fourth-order valence-electron chi connectivity index (χ4n) is 2.41. The number of nitrogens with one attached hydrogen (secondary N) is 1. The summed E-state index contributed by atoms with van der Waals surface area (Å²) in [6.07, 6.45) is 0. The van der Waals surface area contributed by atoms with Gasteiger partial charge in [-0.15, -0.1) is 5.10 Å². The molecule has 3 rings (SSSR count). The summed E-state index contributed by atoms with van der Waals surface area (Å²) in [4.78, 5) is 12.7. The van der Waals surface area contributed by atoms with Gasteiger partial charge in [0.2, 0.25) is 0 Å². The molecule has 1 heterocycles. The number of anilines is 1. The molecule has 1 aromatic heterocycles. The molecule has 0 radical (unpaired) electrons. The van der Waals surface area contributed by atoms with Crippen LogP contribution in [0.15, 0.2) is 42.5 Å². The molecule has 1 N–H and O–H groups in total. The normalized spacial score (nSPS) is 10.8. The van der Waals surface area contributed by atoms with Gasteiger partial charge in [0.25, 0.3) is 5.91 Å². The molecule has 134 valence electrons. The third-order valence-corrected chi connectivity index (χ3v) is 4.28.